The van der Waals surface area contributed by atoms with Gasteiger partial charge in [-0.05, 0) is 79.2 Å². The zero-order valence-corrected chi connectivity index (χ0v) is 29.2. The van der Waals surface area contributed by atoms with Gasteiger partial charge in [-0.25, -0.2) is 22.0 Å². The average Bonchev–Trinajstić information content (AvgIpc) is 3.88. The van der Waals surface area contributed by atoms with Crippen LogP contribution in [0, 0.1) is 29.1 Å². The molecule has 0 aliphatic carbocycles. The number of hydrogen-bond acceptors (Lipinski definition) is 6. The van der Waals surface area contributed by atoms with E-state index in [1.165, 1.54) is 38.8 Å². The van der Waals surface area contributed by atoms with Crippen LogP contribution in [-0.4, -0.2) is 65.7 Å². The number of carbonyl (C=O) groups is 1. The Hall–Kier alpha value is -4.20. The number of amides is 1. The Labute approximate surface area is 305 Å². The molecule has 7 nitrogen and oxygen atoms in total. The molecule has 53 heavy (non-hydrogen) atoms. The Morgan fingerprint density at radius 2 is 1.42 bits per heavy atom. The largest absolute Gasteiger partial charge is 0.392 e. The maximum Gasteiger partial charge on any atom is 0.257 e. The molecule has 4 aromatic rings. The van der Waals surface area contributed by atoms with Crippen molar-refractivity contribution in [1.29, 1.82) is 0 Å². The van der Waals surface area contributed by atoms with Gasteiger partial charge < -0.3 is 24.8 Å². The highest BCUT2D eigenvalue weighted by Crippen LogP contribution is 2.39. The molecule has 7 rings (SSSR count). The van der Waals surface area contributed by atoms with Gasteiger partial charge in [0.1, 0.15) is 5.56 Å². The van der Waals surface area contributed by atoms with Crippen molar-refractivity contribution in [2.45, 2.75) is 69.8 Å². The van der Waals surface area contributed by atoms with Crippen LogP contribution in [0.5, 0.6) is 0 Å². The molecule has 3 fully saturated rings. The summed E-state index contributed by atoms with van der Waals surface area (Å²) in [6.45, 7) is 5.06. The van der Waals surface area contributed by atoms with E-state index in [-0.39, 0.29) is 25.4 Å². The smallest absolute Gasteiger partial charge is 0.257 e. The first-order chi connectivity index (χ1) is 25.7. The molecule has 4 atom stereocenters. The van der Waals surface area contributed by atoms with Crippen molar-refractivity contribution in [2.24, 2.45) is 0 Å². The molecule has 3 aliphatic heterocycles. The number of nitrogens with zero attached hydrogens (tertiary/aromatic N) is 2. The van der Waals surface area contributed by atoms with E-state index in [9.17, 15) is 31.9 Å². The summed E-state index contributed by atoms with van der Waals surface area (Å²) in [6, 6.07) is 23.1. The standard InChI is InChI=1S/C41H42F5N3O4/c42-35-34(36(43)38(45)39(46)37(35)44)40(51)47-21-26-5-3-6-30(19-26)27-12-14-29(15-13-27)41-52-32(20-33(53-41)28-10-8-25(24-50)9-11-28)23-49-18-4-7-31(49)22-48-16-1-2-17-48/h3,5-6,8-15,19,31-33,41,50H,1-2,4,7,16-18,20-24H2,(H,47,51)/t31-,32+,33-,41-/m0/s1. The molecule has 12 heteroatoms. The molecule has 3 heterocycles. The molecule has 4 aromatic carbocycles. The number of nitrogens with one attached hydrogen (secondary N) is 1. The van der Waals surface area contributed by atoms with E-state index in [1.54, 1.807) is 18.2 Å². The van der Waals surface area contributed by atoms with Crippen LogP contribution in [0.25, 0.3) is 11.1 Å². The second-order valence-electron chi connectivity index (χ2n) is 14.1. The van der Waals surface area contributed by atoms with E-state index in [1.807, 2.05) is 54.6 Å². The highest BCUT2D eigenvalue weighted by Gasteiger charge is 2.36. The van der Waals surface area contributed by atoms with Crippen LogP contribution < -0.4 is 5.32 Å². The number of benzene rings is 4. The molecule has 3 saturated heterocycles. The predicted octanol–water partition coefficient (Wildman–Crippen LogP) is 7.58. The summed E-state index contributed by atoms with van der Waals surface area (Å²) in [6.07, 6.45) is 4.72. The summed E-state index contributed by atoms with van der Waals surface area (Å²) in [5.41, 5.74) is 3.34. The lowest BCUT2D eigenvalue weighted by molar-refractivity contribution is -0.253. The van der Waals surface area contributed by atoms with Gasteiger partial charge in [0.05, 0.1) is 18.8 Å². The lowest BCUT2D eigenvalue weighted by Gasteiger charge is -2.39. The maximum atomic E-state index is 14.2. The van der Waals surface area contributed by atoms with Crippen LogP contribution in [0.15, 0.2) is 72.8 Å². The number of carbonyl (C=O) groups excluding carboxylic acids is 1. The van der Waals surface area contributed by atoms with Crippen molar-refractivity contribution >= 4 is 5.91 Å². The van der Waals surface area contributed by atoms with Crippen molar-refractivity contribution in [1.82, 2.24) is 15.1 Å². The van der Waals surface area contributed by atoms with Crippen molar-refractivity contribution in [2.75, 3.05) is 32.7 Å². The van der Waals surface area contributed by atoms with Gasteiger partial charge in [0.25, 0.3) is 5.91 Å². The van der Waals surface area contributed by atoms with Crippen LogP contribution in [0.1, 0.15) is 77.1 Å². The molecule has 2 N–H and O–H groups in total. The summed E-state index contributed by atoms with van der Waals surface area (Å²) in [4.78, 5) is 17.6. The Morgan fingerprint density at radius 3 is 2.11 bits per heavy atom. The van der Waals surface area contributed by atoms with Crippen LogP contribution in [0.2, 0.25) is 0 Å². The predicted molar refractivity (Wildman–Crippen MR) is 188 cm³/mol. The molecule has 280 valence electrons. The molecule has 1 amide bonds. The van der Waals surface area contributed by atoms with Crippen LogP contribution in [-0.2, 0) is 22.6 Å². The topological polar surface area (TPSA) is 74.3 Å². The van der Waals surface area contributed by atoms with Crippen LogP contribution in [0.4, 0.5) is 22.0 Å². The summed E-state index contributed by atoms with van der Waals surface area (Å²) in [7, 11) is 0. The fourth-order valence-electron chi connectivity index (χ4n) is 7.67. The number of aliphatic hydroxyl groups excluding tert-OH is 1. The fraction of sp³-hybridized carbons (Fsp3) is 0.390. The highest BCUT2D eigenvalue weighted by molar-refractivity contribution is 5.94. The van der Waals surface area contributed by atoms with Crippen molar-refractivity contribution in [3.63, 3.8) is 0 Å². The highest BCUT2D eigenvalue weighted by atomic mass is 19.2. The number of hydrogen-bond donors (Lipinski definition) is 2. The van der Waals surface area contributed by atoms with E-state index >= 15 is 0 Å². The minimum Gasteiger partial charge on any atom is -0.392 e. The Morgan fingerprint density at radius 1 is 0.736 bits per heavy atom. The zero-order valence-electron chi connectivity index (χ0n) is 29.2. The number of aliphatic hydroxyl groups is 1. The molecule has 3 aliphatic rings. The molecule has 0 aromatic heterocycles. The second-order valence-corrected chi connectivity index (χ2v) is 14.1. The Balaban J connectivity index is 1.05. The molecular weight excluding hydrogens is 693 g/mol. The molecule has 0 bridgehead atoms. The minimum absolute atomic E-state index is 0.0319. The quantitative estimate of drug-likeness (QED) is 0.0941. The lowest BCUT2D eigenvalue weighted by Crippen LogP contribution is -2.45. The fourth-order valence-corrected chi connectivity index (χ4v) is 7.67. The first kappa shape index (κ1) is 37.1. The van der Waals surface area contributed by atoms with Gasteiger partial charge in [0, 0.05) is 37.7 Å². The van der Waals surface area contributed by atoms with Gasteiger partial charge in [-0.1, -0.05) is 66.7 Å². The number of rotatable bonds is 11. The van der Waals surface area contributed by atoms with E-state index in [4.69, 9.17) is 9.47 Å². The second kappa shape index (κ2) is 16.4. The molecule has 0 spiro atoms. The average molecular weight is 736 g/mol. The summed E-state index contributed by atoms with van der Waals surface area (Å²) in [5, 5.41) is 11.8. The molecule has 0 radical (unpaired) electrons. The summed E-state index contributed by atoms with van der Waals surface area (Å²) >= 11 is 0. The normalized spacial score (nSPS) is 22.4. The molecular formula is C41H42F5N3O4. The van der Waals surface area contributed by atoms with Gasteiger partial charge in [0.2, 0.25) is 5.82 Å². The zero-order chi connectivity index (χ0) is 37.1. The number of likely N-dealkylation sites (tertiary alicyclic amines) is 2. The monoisotopic (exact) mass is 735 g/mol. The molecule has 0 saturated carbocycles. The van der Waals surface area contributed by atoms with Gasteiger partial charge in [-0.3, -0.25) is 9.69 Å². The van der Waals surface area contributed by atoms with Crippen LogP contribution >= 0.6 is 0 Å². The maximum absolute atomic E-state index is 14.2. The minimum atomic E-state index is -2.33. The van der Waals surface area contributed by atoms with Gasteiger partial charge in [0.15, 0.2) is 29.6 Å². The van der Waals surface area contributed by atoms with Gasteiger partial charge in [-0.15, -0.1) is 0 Å². The number of halogens is 5. The summed E-state index contributed by atoms with van der Waals surface area (Å²) < 4.78 is 82.3. The first-order valence-corrected chi connectivity index (χ1v) is 18.1. The van der Waals surface area contributed by atoms with E-state index in [0.29, 0.717) is 18.0 Å². The van der Waals surface area contributed by atoms with Crippen molar-refractivity contribution in [3.8, 4) is 11.1 Å². The third kappa shape index (κ3) is 8.32. The van der Waals surface area contributed by atoms with Crippen molar-refractivity contribution < 1.29 is 41.3 Å². The van der Waals surface area contributed by atoms with Gasteiger partial charge in [-0.2, -0.15) is 0 Å². The SMILES string of the molecule is O=C(NCc1cccc(-c2ccc([C@H]3O[C@@H](CN4CCC[C@H]4CN4CCCC4)C[C@@H](c4ccc(CO)cc4)O3)cc2)c1)c1c(F)c(F)c(F)c(F)c1F. The first-order valence-electron chi connectivity index (χ1n) is 18.1. The third-order valence-electron chi connectivity index (χ3n) is 10.6. The Kier molecular flexibility index (Phi) is 11.5. The van der Waals surface area contributed by atoms with Crippen LogP contribution in [0.3, 0.4) is 0 Å². The molecule has 0 unspecified atom stereocenters. The lowest BCUT2D eigenvalue weighted by atomic mass is 9.98. The van der Waals surface area contributed by atoms with E-state index in [2.05, 4.69) is 15.1 Å². The third-order valence-corrected chi connectivity index (χ3v) is 10.6. The number of ether oxygens (including phenoxy) is 2. The van der Waals surface area contributed by atoms with E-state index in [0.717, 1.165) is 47.5 Å². The van der Waals surface area contributed by atoms with Gasteiger partial charge >= 0.3 is 0 Å². The Bertz CT molecular complexity index is 1880. The summed E-state index contributed by atoms with van der Waals surface area (Å²) in [5.74, 6) is -12.5. The van der Waals surface area contributed by atoms with E-state index < -0.39 is 46.8 Å². The van der Waals surface area contributed by atoms with Crippen molar-refractivity contribution in [3.05, 3.63) is 130 Å².